The second-order valence-corrected chi connectivity index (χ2v) is 4.47. The molecule has 0 saturated carbocycles. The van der Waals surface area contributed by atoms with Crippen molar-refractivity contribution in [3.8, 4) is 5.75 Å². The topological polar surface area (TPSA) is 35.2 Å². The zero-order valence-electron chi connectivity index (χ0n) is 9.37. The van der Waals surface area contributed by atoms with E-state index in [2.05, 4.69) is 12.1 Å². The third-order valence-corrected chi connectivity index (χ3v) is 3.26. The van der Waals surface area contributed by atoms with E-state index in [1.165, 1.54) is 11.1 Å². The Morgan fingerprint density at radius 1 is 1.62 bits per heavy atom. The van der Waals surface area contributed by atoms with E-state index in [1.54, 1.807) is 5.54 Å². The molecule has 0 aromatic heterocycles. The van der Waals surface area contributed by atoms with Crippen molar-refractivity contribution < 1.29 is 4.74 Å². The summed E-state index contributed by atoms with van der Waals surface area (Å²) in [5.41, 5.74) is 11.1. The lowest BCUT2D eigenvalue weighted by Gasteiger charge is -2.09. The van der Waals surface area contributed by atoms with Crippen LogP contribution in [0.1, 0.15) is 30.5 Å². The number of hydrogen-bond acceptors (Lipinski definition) is 2. The molecule has 2 nitrogen and oxygen atoms in total. The number of halogens is 1. The molecule has 3 heteroatoms. The van der Waals surface area contributed by atoms with Crippen LogP contribution in [0.15, 0.2) is 29.3 Å². The van der Waals surface area contributed by atoms with Crippen LogP contribution in [0.4, 0.5) is 0 Å². The van der Waals surface area contributed by atoms with Crippen molar-refractivity contribution in [2.24, 2.45) is 5.73 Å². The summed E-state index contributed by atoms with van der Waals surface area (Å²) in [4.78, 5) is 0. The standard InChI is InChI=1S/C13H16ClNO/c1-9(7-14)8-16-11-3-4-12-10(6-11)2-5-13(12)15/h3-4,6-7,13H,2,5,8,15H2,1H3/b9-7-/t13-/m1/s1. The van der Waals surface area contributed by atoms with E-state index in [-0.39, 0.29) is 6.04 Å². The van der Waals surface area contributed by atoms with Gasteiger partial charge in [0.2, 0.25) is 0 Å². The molecule has 2 rings (SSSR count). The third-order valence-electron chi connectivity index (χ3n) is 2.89. The molecule has 0 aliphatic heterocycles. The number of rotatable bonds is 3. The largest absolute Gasteiger partial charge is 0.489 e. The first-order valence-electron chi connectivity index (χ1n) is 5.48. The van der Waals surface area contributed by atoms with Crippen LogP contribution in [0, 0.1) is 0 Å². The summed E-state index contributed by atoms with van der Waals surface area (Å²) < 4.78 is 5.63. The molecule has 1 aromatic rings. The van der Waals surface area contributed by atoms with E-state index in [0.29, 0.717) is 6.61 Å². The molecule has 0 bridgehead atoms. The van der Waals surface area contributed by atoms with Gasteiger partial charge in [-0.1, -0.05) is 17.7 Å². The minimum absolute atomic E-state index is 0.202. The summed E-state index contributed by atoms with van der Waals surface area (Å²) in [5.74, 6) is 0.894. The van der Waals surface area contributed by atoms with E-state index in [4.69, 9.17) is 22.1 Å². The fourth-order valence-corrected chi connectivity index (χ4v) is 2.01. The fourth-order valence-electron chi connectivity index (χ4n) is 1.95. The maximum absolute atomic E-state index is 5.97. The van der Waals surface area contributed by atoms with Crippen LogP contribution in [-0.4, -0.2) is 6.61 Å². The molecule has 0 heterocycles. The van der Waals surface area contributed by atoms with E-state index in [0.717, 1.165) is 24.2 Å². The highest BCUT2D eigenvalue weighted by molar-refractivity contribution is 6.25. The van der Waals surface area contributed by atoms with Gasteiger partial charge in [-0.25, -0.2) is 0 Å². The van der Waals surface area contributed by atoms with Gasteiger partial charge in [-0.05, 0) is 48.6 Å². The van der Waals surface area contributed by atoms with Gasteiger partial charge < -0.3 is 10.5 Å². The summed E-state index contributed by atoms with van der Waals surface area (Å²) in [5, 5.41) is 0. The highest BCUT2D eigenvalue weighted by Crippen LogP contribution is 2.31. The average Bonchev–Trinajstić information content (AvgIpc) is 2.67. The van der Waals surface area contributed by atoms with Gasteiger partial charge in [0.25, 0.3) is 0 Å². The Morgan fingerprint density at radius 2 is 2.44 bits per heavy atom. The van der Waals surface area contributed by atoms with Crippen molar-refractivity contribution in [2.75, 3.05) is 6.61 Å². The number of aryl methyl sites for hydroxylation is 1. The van der Waals surface area contributed by atoms with E-state index < -0.39 is 0 Å². The summed E-state index contributed by atoms with van der Waals surface area (Å²) >= 11 is 5.57. The lowest BCUT2D eigenvalue weighted by molar-refractivity contribution is 0.352. The van der Waals surface area contributed by atoms with Crippen LogP contribution in [0.5, 0.6) is 5.75 Å². The van der Waals surface area contributed by atoms with Crippen LogP contribution in [-0.2, 0) is 6.42 Å². The Labute approximate surface area is 101 Å². The van der Waals surface area contributed by atoms with Gasteiger partial charge in [-0.2, -0.15) is 0 Å². The maximum Gasteiger partial charge on any atom is 0.120 e. The predicted octanol–water partition coefficient (Wildman–Crippen LogP) is 3.15. The average molecular weight is 238 g/mol. The van der Waals surface area contributed by atoms with Crippen molar-refractivity contribution in [3.05, 3.63) is 40.4 Å². The van der Waals surface area contributed by atoms with Crippen molar-refractivity contribution in [1.29, 1.82) is 0 Å². The van der Waals surface area contributed by atoms with Crippen LogP contribution in [0.3, 0.4) is 0 Å². The van der Waals surface area contributed by atoms with Crippen LogP contribution in [0.2, 0.25) is 0 Å². The molecular weight excluding hydrogens is 222 g/mol. The lowest BCUT2D eigenvalue weighted by atomic mass is 10.1. The molecule has 1 aliphatic carbocycles. The van der Waals surface area contributed by atoms with Gasteiger partial charge in [0, 0.05) is 11.6 Å². The first-order valence-corrected chi connectivity index (χ1v) is 5.91. The molecule has 1 aromatic carbocycles. The van der Waals surface area contributed by atoms with E-state index in [1.807, 2.05) is 13.0 Å². The minimum atomic E-state index is 0.202. The van der Waals surface area contributed by atoms with Crippen molar-refractivity contribution in [1.82, 2.24) is 0 Å². The second-order valence-electron chi connectivity index (χ2n) is 4.25. The molecule has 16 heavy (non-hydrogen) atoms. The summed E-state index contributed by atoms with van der Waals surface area (Å²) in [6.07, 6.45) is 2.09. The van der Waals surface area contributed by atoms with Crippen molar-refractivity contribution in [3.63, 3.8) is 0 Å². The van der Waals surface area contributed by atoms with Gasteiger partial charge >= 0.3 is 0 Å². The number of benzene rings is 1. The number of nitrogens with two attached hydrogens (primary N) is 1. The summed E-state index contributed by atoms with van der Waals surface area (Å²) in [6, 6.07) is 6.34. The van der Waals surface area contributed by atoms with Gasteiger partial charge in [0.1, 0.15) is 12.4 Å². The Bertz CT molecular complexity index is 414. The molecule has 0 saturated heterocycles. The van der Waals surface area contributed by atoms with Crippen LogP contribution >= 0.6 is 11.6 Å². The molecule has 0 unspecified atom stereocenters. The van der Waals surface area contributed by atoms with Gasteiger partial charge in [0.05, 0.1) is 0 Å². The van der Waals surface area contributed by atoms with Crippen LogP contribution in [0.25, 0.3) is 0 Å². The lowest BCUT2D eigenvalue weighted by Crippen LogP contribution is -2.05. The molecule has 86 valence electrons. The number of fused-ring (bicyclic) bond motifs is 1. The van der Waals surface area contributed by atoms with Gasteiger partial charge in [0.15, 0.2) is 0 Å². The van der Waals surface area contributed by atoms with Crippen LogP contribution < -0.4 is 10.5 Å². The second kappa shape index (κ2) is 4.89. The first-order chi connectivity index (χ1) is 7.70. The number of hydrogen-bond donors (Lipinski definition) is 1. The number of ether oxygens (including phenoxy) is 1. The van der Waals surface area contributed by atoms with Gasteiger partial charge in [-0.3, -0.25) is 0 Å². The highest BCUT2D eigenvalue weighted by atomic mass is 35.5. The predicted molar refractivity (Wildman–Crippen MR) is 66.8 cm³/mol. The summed E-state index contributed by atoms with van der Waals surface area (Å²) in [7, 11) is 0. The highest BCUT2D eigenvalue weighted by Gasteiger charge is 2.18. The first kappa shape index (κ1) is 11.5. The Morgan fingerprint density at radius 3 is 3.19 bits per heavy atom. The normalized spacial score (nSPS) is 19.7. The van der Waals surface area contributed by atoms with Gasteiger partial charge in [-0.15, -0.1) is 0 Å². The molecule has 0 fully saturated rings. The maximum atomic E-state index is 5.97. The zero-order valence-corrected chi connectivity index (χ0v) is 10.1. The monoisotopic (exact) mass is 237 g/mol. The zero-order chi connectivity index (χ0) is 11.5. The van der Waals surface area contributed by atoms with E-state index >= 15 is 0 Å². The smallest absolute Gasteiger partial charge is 0.120 e. The molecule has 0 radical (unpaired) electrons. The van der Waals surface area contributed by atoms with Crippen molar-refractivity contribution in [2.45, 2.75) is 25.8 Å². The Kier molecular flexibility index (Phi) is 3.52. The molecule has 0 amide bonds. The SMILES string of the molecule is C/C(=C/Cl)COc1ccc2c(c1)CC[C@H]2N. The Hall–Kier alpha value is -0.990. The van der Waals surface area contributed by atoms with E-state index in [9.17, 15) is 0 Å². The fraction of sp³-hybridized carbons (Fsp3) is 0.385. The molecular formula is C13H16ClNO. The third kappa shape index (κ3) is 2.39. The molecule has 1 atom stereocenters. The minimum Gasteiger partial charge on any atom is -0.489 e. The molecule has 1 aliphatic rings. The molecule has 0 spiro atoms. The Balaban J connectivity index is 2.08. The summed E-state index contributed by atoms with van der Waals surface area (Å²) in [6.45, 7) is 2.48. The van der Waals surface area contributed by atoms with Crippen molar-refractivity contribution >= 4 is 11.6 Å². The molecule has 2 N–H and O–H groups in total. The quantitative estimate of drug-likeness (QED) is 0.877.